The van der Waals surface area contributed by atoms with Gasteiger partial charge in [-0.15, -0.1) is 0 Å². The number of anilines is 2. The van der Waals surface area contributed by atoms with Crippen molar-refractivity contribution >= 4 is 51.6 Å². The smallest absolute Gasteiger partial charge is 0.243 e. The fourth-order valence-electron chi connectivity index (χ4n) is 1.89. The van der Waals surface area contributed by atoms with E-state index in [4.69, 9.17) is 11.6 Å². The van der Waals surface area contributed by atoms with Crippen LogP contribution in [0, 0.1) is 0 Å². The topological polar surface area (TPSA) is 66.9 Å². The number of carbonyl (C=O) groups is 1. The molecular formula is C14H11ClN4OS. The highest BCUT2D eigenvalue weighted by Gasteiger charge is 2.11. The molecule has 0 bridgehead atoms. The average Bonchev–Trinajstić information content (AvgIpc) is 2.96. The van der Waals surface area contributed by atoms with Gasteiger partial charge in [-0.05, 0) is 24.3 Å². The SMILES string of the molecule is O=C(CNc1c(Cl)ccc2nsnc12)Nc1ccccc1. The molecule has 2 aromatic carbocycles. The molecule has 0 aliphatic rings. The highest BCUT2D eigenvalue weighted by Crippen LogP contribution is 2.29. The minimum Gasteiger partial charge on any atom is -0.373 e. The first-order chi connectivity index (χ1) is 10.2. The van der Waals surface area contributed by atoms with Crippen LogP contribution in [0.3, 0.4) is 0 Å². The molecule has 0 saturated carbocycles. The van der Waals surface area contributed by atoms with Gasteiger partial charge in [0.15, 0.2) is 0 Å². The van der Waals surface area contributed by atoms with Crippen LogP contribution in [0.4, 0.5) is 11.4 Å². The van der Waals surface area contributed by atoms with Crippen LogP contribution in [0.5, 0.6) is 0 Å². The maximum absolute atomic E-state index is 11.9. The van der Waals surface area contributed by atoms with Crippen LogP contribution in [-0.2, 0) is 4.79 Å². The van der Waals surface area contributed by atoms with E-state index in [2.05, 4.69) is 19.4 Å². The number of fused-ring (bicyclic) bond motifs is 1. The molecule has 7 heteroatoms. The third-order valence-corrected chi connectivity index (χ3v) is 3.72. The number of para-hydroxylation sites is 1. The Bertz CT molecular complexity index is 775. The number of carbonyl (C=O) groups excluding carboxylic acids is 1. The summed E-state index contributed by atoms with van der Waals surface area (Å²) in [5.41, 5.74) is 2.82. The Morgan fingerprint density at radius 3 is 2.76 bits per heavy atom. The number of hydrogen-bond acceptors (Lipinski definition) is 5. The summed E-state index contributed by atoms with van der Waals surface area (Å²) in [7, 11) is 0. The van der Waals surface area contributed by atoms with Gasteiger partial charge in [-0.3, -0.25) is 4.79 Å². The van der Waals surface area contributed by atoms with Gasteiger partial charge in [-0.1, -0.05) is 29.8 Å². The molecule has 0 spiro atoms. The molecule has 0 fully saturated rings. The van der Waals surface area contributed by atoms with Gasteiger partial charge in [0.1, 0.15) is 11.0 Å². The van der Waals surface area contributed by atoms with Crippen molar-refractivity contribution < 1.29 is 4.79 Å². The number of amides is 1. The largest absolute Gasteiger partial charge is 0.373 e. The van der Waals surface area contributed by atoms with Gasteiger partial charge in [0.05, 0.1) is 29.0 Å². The molecule has 1 aromatic heterocycles. The van der Waals surface area contributed by atoms with Crippen LogP contribution in [0.2, 0.25) is 5.02 Å². The summed E-state index contributed by atoms with van der Waals surface area (Å²) in [6, 6.07) is 12.8. The predicted molar refractivity (Wildman–Crippen MR) is 86.0 cm³/mol. The van der Waals surface area contributed by atoms with Crippen molar-refractivity contribution in [2.75, 3.05) is 17.2 Å². The van der Waals surface area contributed by atoms with Gasteiger partial charge in [0, 0.05) is 5.69 Å². The second-order valence-electron chi connectivity index (χ2n) is 4.32. The number of halogens is 1. The Morgan fingerprint density at radius 2 is 1.95 bits per heavy atom. The van der Waals surface area contributed by atoms with E-state index in [0.29, 0.717) is 16.2 Å². The number of benzene rings is 2. The van der Waals surface area contributed by atoms with Gasteiger partial charge in [-0.25, -0.2) is 0 Å². The van der Waals surface area contributed by atoms with E-state index >= 15 is 0 Å². The van der Waals surface area contributed by atoms with Crippen molar-refractivity contribution in [2.24, 2.45) is 0 Å². The summed E-state index contributed by atoms with van der Waals surface area (Å²) in [4.78, 5) is 11.9. The van der Waals surface area contributed by atoms with Crippen LogP contribution in [0.25, 0.3) is 11.0 Å². The molecule has 0 unspecified atom stereocenters. The average molecular weight is 319 g/mol. The molecular weight excluding hydrogens is 308 g/mol. The lowest BCUT2D eigenvalue weighted by molar-refractivity contribution is -0.114. The van der Waals surface area contributed by atoms with Crippen molar-refractivity contribution in [1.29, 1.82) is 0 Å². The fraction of sp³-hybridized carbons (Fsp3) is 0.0714. The predicted octanol–water partition coefficient (Wildman–Crippen LogP) is 3.40. The van der Waals surface area contributed by atoms with Crippen molar-refractivity contribution in [3.8, 4) is 0 Å². The molecule has 0 aliphatic carbocycles. The Hall–Kier alpha value is -2.18. The third-order valence-electron chi connectivity index (χ3n) is 2.86. The van der Waals surface area contributed by atoms with Gasteiger partial charge < -0.3 is 10.6 Å². The molecule has 2 N–H and O–H groups in total. The van der Waals surface area contributed by atoms with E-state index in [1.807, 2.05) is 30.3 Å². The Balaban J connectivity index is 1.70. The lowest BCUT2D eigenvalue weighted by atomic mass is 10.2. The Morgan fingerprint density at radius 1 is 1.14 bits per heavy atom. The summed E-state index contributed by atoms with van der Waals surface area (Å²) < 4.78 is 8.34. The molecule has 1 amide bonds. The molecule has 0 atom stereocenters. The Labute approximate surface area is 130 Å². The molecule has 5 nitrogen and oxygen atoms in total. The Kier molecular flexibility index (Phi) is 3.98. The first kappa shape index (κ1) is 13.8. The molecule has 21 heavy (non-hydrogen) atoms. The lowest BCUT2D eigenvalue weighted by Gasteiger charge is -2.09. The quantitative estimate of drug-likeness (QED) is 0.773. The molecule has 0 saturated heterocycles. The maximum atomic E-state index is 11.9. The normalized spacial score (nSPS) is 10.5. The number of nitrogens with zero attached hydrogens (tertiary/aromatic N) is 2. The first-order valence-electron chi connectivity index (χ1n) is 6.23. The van der Waals surface area contributed by atoms with E-state index in [1.54, 1.807) is 12.1 Å². The monoisotopic (exact) mass is 318 g/mol. The number of rotatable bonds is 4. The van der Waals surface area contributed by atoms with Crippen molar-refractivity contribution in [1.82, 2.24) is 8.75 Å². The van der Waals surface area contributed by atoms with E-state index in [1.165, 1.54) is 0 Å². The zero-order valence-electron chi connectivity index (χ0n) is 10.8. The summed E-state index contributed by atoms with van der Waals surface area (Å²) in [5.74, 6) is -0.155. The van der Waals surface area contributed by atoms with Crippen LogP contribution < -0.4 is 10.6 Å². The van der Waals surface area contributed by atoms with Crippen LogP contribution >= 0.6 is 23.3 Å². The minimum absolute atomic E-state index is 0.102. The molecule has 3 aromatic rings. The summed E-state index contributed by atoms with van der Waals surface area (Å²) in [6.07, 6.45) is 0. The van der Waals surface area contributed by atoms with Gasteiger partial charge in [0.2, 0.25) is 5.91 Å². The van der Waals surface area contributed by atoms with Crippen molar-refractivity contribution in [2.45, 2.75) is 0 Å². The molecule has 0 radical (unpaired) electrons. The zero-order valence-corrected chi connectivity index (χ0v) is 12.4. The highest BCUT2D eigenvalue weighted by molar-refractivity contribution is 7.00. The number of aromatic nitrogens is 2. The summed E-state index contributed by atoms with van der Waals surface area (Å²) in [5, 5.41) is 6.33. The molecule has 3 rings (SSSR count). The lowest BCUT2D eigenvalue weighted by Crippen LogP contribution is -2.21. The minimum atomic E-state index is -0.155. The zero-order chi connectivity index (χ0) is 14.7. The summed E-state index contributed by atoms with van der Waals surface area (Å²) >= 11 is 7.26. The van der Waals surface area contributed by atoms with Crippen LogP contribution in [-0.4, -0.2) is 21.2 Å². The second kappa shape index (κ2) is 6.07. The second-order valence-corrected chi connectivity index (χ2v) is 5.26. The highest BCUT2D eigenvalue weighted by atomic mass is 35.5. The maximum Gasteiger partial charge on any atom is 0.243 e. The van der Waals surface area contributed by atoms with E-state index < -0.39 is 0 Å². The molecule has 106 valence electrons. The number of hydrogen-bond donors (Lipinski definition) is 2. The van der Waals surface area contributed by atoms with Gasteiger partial charge in [0.25, 0.3) is 0 Å². The fourth-order valence-corrected chi connectivity index (χ4v) is 2.65. The van der Waals surface area contributed by atoms with E-state index in [-0.39, 0.29) is 12.5 Å². The van der Waals surface area contributed by atoms with Gasteiger partial charge >= 0.3 is 0 Å². The van der Waals surface area contributed by atoms with Gasteiger partial charge in [-0.2, -0.15) is 8.75 Å². The molecule has 1 heterocycles. The van der Waals surface area contributed by atoms with Crippen molar-refractivity contribution in [3.63, 3.8) is 0 Å². The first-order valence-corrected chi connectivity index (χ1v) is 7.34. The molecule has 0 aliphatic heterocycles. The number of nitrogens with one attached hydrogen (secondary N) is 2. The summed E-state index contributed by atoms with van der Waals surface area (Å²) in [6.45, 7) is 0.102. The van der Waals surface area contributed by atoms with Crippen molar-refractivity contribution in [3.05, 3.63) is 47.5 Å². The van der Waals surface area contributed by atoms with E-state index in [0.717, 1.165) is 22.9 Å². The van der Waals surface area contributed by atoms with Crippen LogP contribution in [0.1, 0.15) is 0 Å². The van der Waals surface area contributed by atoms with E-state index in [9.17, 15) is 4.79 Å². The standard InChI is InChI=1S/C14H11ClN4OS/c15-10-6-7-11-14(19-21-18-11)13(10)16-8-12(20)17-9-4-2-1-3-5-9/h1-7,16H,8H2,(H,17,20). The van der Waals surface area contributed by atoms with Crippen LogP contribution in [0.15, 0.2) is 42.5 Å². The third kappa shape index (κ3) is 3.12.